The summed E-state index contributed by atoms with van der Waals surface area (Å²) in [4.78, 5) is 14.1. The van der Waals surface area contributed by atoms with Crippen molar-refractivity contribution in [3.63, 3.8) is 0 Å². The maximum absolute atomic E-state index is 12.3. The number of anilines is 1. The zero-order valence-electron chi connectivity index (χ0n) is 11.8. The van der Waals surface area contributed by atoms with E-state index < -0.39 is 0 Å². The van der Waals surface area contributed by atoms with Crippen LogP contribution in [0.2, 0.25) is 0 Å². The Morgan fingerprint density at radius 2 is 1.95 bits per heavy atom. The lowest BCUT2D eigenvalue weighted by atomic mass is 10.2. The Hall–Kier alpha value is -2.34. The Balaban J connectivity index is 1.74. The molecule has 21 heavy (non-hydrogen) atoms. The van der Waals surface area contributed by atoms with Crippen LogP contribution in [0.25, 0.3) is 5.69 Å². The molecule has 2 aromatic rings. The number of aromatic nitrogens is 2. The number of amides is 1. The van der Waals surface area contributed by atoms with E-state index in [2.05, 4.69) is 10.4 Å². The van der Waals surface area contributed by atoms with Gasteiger partial charge in [0.1, 0.15) is 0 Å². The van der Waals surface area contributed by atoms with E-state index in [1.807, 2.05) is 35.2 Å². The van der Waals surface area contributed by atoms with Crippen molar-refractivity contribution in [1.29, 1.82) is 0 Å². The summed E-state index contributed by atoms with van der Waals surface area (Å²) in [5.74, 6) is 0.0847. The number of nitrogens with one attached hydrogen (secondary N) is 1. The van der Waals surface area contributed by atoms with E-state index in [0.717, 1.165) is 31.9 Å². The summed E-state index contributed by atoms with van der Waals surface area (Å²) in [7, 11) is 0. The molecule has 1 fully saturated rings. The van der Waals surface area contributed by atoms with Crippen molar-refractivity contribution in [2.24, 2.45) is 0 Å². The van der Waals surface area contributed by atoms with E-state index in [4.69, 9.17) is 5.73 Å². The maximum Gasteiger partial charge on any atom is 0.228 e. The number of carbonyl (C=O) groups is 1. The highest BCUT2D eigenvalue weighted by Crippen LogP contribution is 2.15. The van der Waals surface area contributed by atoms with Gasteiger partial charge in [0.2, 0.25) is 5.91 Å². The zero-order valence-corrected chi connectivity index (χ0v) is 11.8. The summed E-state index contributed by atoms with van der Waals surface area (Å²) in [5, 5.41) is 7.68. The van der Waals surface area contributed by atoms with Gasteiger partial charge in [0.15, 0.2) is 0 Å². The molecule has 1 aliphatic heterocycles. The summed E-state index contributed by atoms with van der Waals surface area (Å²) in [6.07, 6.45) is 2.02. The molecule has 6 heteroatoms. The maximum atomic E-state index is 12.3. The van der Waals surface area contributed by atoms with E-state index in [1.165, 1.54) is 0 Å². The molecule has 0 spiro atoms. The van der Waals surface area contributed by atoms with Gasteiger partial charge in [-0.15, -0.1) is 0 Å². The van der Waals surface area contributed by atoms with Crippen LogP contribution in [0.1, 0.15) is 5.69 Å². The summed E-state index contributed by atoms with van der Waals surface area (Å²) >= 11 is 0. The van der Waals surface area contributed by atoms with Gasteiger partial charge in [0.25, 0.3) is 0 Å². The third-order valence-electron chi connectivity index (χ3n) is 3.63. The monoisotopic (exact) mass is 285 g/mol. The lowest BCUT2D eigenvalue weighted by Crippen LogP contribution is -2.47. The Morgan fingerprint density at radius 1 is 1.24 bits per heavy atom. The van der Waals surface area contributed by atoms with E-state index in [1.54, 1.807) is 10.9 Å². The minimum Gasteiger partial charge on any atom is -0.396 e. The molecule has 0 aliphatic carbocycles. The molecule has 110 valence electrons. The molecule has 0 unspecified atom stereocenters. The third kappa shape index (κ3) is 3.05. The average molecular weight is 285 g/mol. The smallest absolute Gasteiger partial charge is 0.228 e. The van der Waals surface area contributed by atoms with E-state index in [-0.39, 0.29) is 12.3 Å². The second-order valence-electron chi connectivity index (χ2n) is 5.12. The van der Waals surface area contributed by atoms with Gasteiger partial charge in [0.05, 0.1) is 29.7 Å². The lowest BCUT2D eigenvalue weighted by Gasteiger charge is -2.27. The van der Waals surface area contributed by atoms with Crippen LogP contribution in [0.5, 0.6) is 0 Å². The fourth-order valence-electron chi connectivity index (χ4n) is 2.44. The van der Waals surface area contributed by atoms with Crippen LogP contribution < -0.4 is 11.1 Å². The van der Waals surface area contributed by atoms with Gasteiger partial charge in [-0.1, -0.05) is 18.2 Å². The number of hydrogen-bond acceptors (Lipinski definition) is 4. The molecule has 0 radical (unpaired) electrons. The van der Waals surface area contributed by atoms with Crippen molar-refractivity contribution >= 4 is 11.6 Å². The molecule has 1 aromatic carbocycles. The second kappa shape index (κ2) is 5.97. The van der Waals surface area contributed by atoms with Crippen molar-refractivity contribution in [3.05, 3.63) is 42.2 Å². The highest BCUT2D eigenvalue weighted by Gasteiger charge is 2.19. The molecule has 0 saturated carbocycles. The molecule has 3 N–H and O–H groups in total. The highest BCUT2D eigenvalue weighted by atomic mass is 16.2. The fraction of sp³-hybridized carbons (Fsp3) is 0.333. The molecule has 1 aliphatic rings. The number of nitrogen functional groups attached to an aromatic ring is 1. The first kappa shape index (κ1) is 13.6. The molecule has 1 aromatic heterocycles. The largest absolute Gasteiger partial charge is 0.396 e. The number of rotatable bonds is 3. The van der Waals surface area contributed by atoms with Crippen LogP contribution >= 0.6 is 0 Å². The van der Waals surface area contributed by atoms with Crippen LogP contribution in [0, 0.1) is 0 Å². The van der Waals surface area contributed by atoms with Gasteiger partial charge in [-0.2, -0.15) is 5.10 Å². The van der Waals surface area contributed by atoms with E-state index >= 15 is 0 Å². The first-order valence-electron chi connectivity index (χ1n) is 7.12. The van der Waals surface area contributed by atoms with Crippen molar-refractivity contribution < 1.29 is 4.79 Å². The molecular formula is C15H19N5O. The predicted molar refractivity (Wildman–Crippen MR) is 81.1 cm³/mol. The average Bonchev–Trinajstić information content (AvgIpc) is 2.90. The first-order chi connectivity index (χ1) is 10.2. The van der Waals surface area contributed by atoms with Crippen LogP contribution in [-0.2, 0) is 11.2 Å². The van der Waals surface area contributed by atoms with Crippen LogP contribution in [-0.4, -0.2) is 46.8 Å². The minimum atomic E-state index is 0.0847. The van der Waals surface area contributed by atoms with Crippen molar-refractivity contribution in [3.8, 4) is 5.69 Å². The minimum absolute atomic E-state index is 0.0847. The molecule has 6 nitrogen and oxygen atoms in total. The van der Waals surface area contributed by atoms with Crippen molar-refractivity contribution in [2.75, 3.05) is 31.9 Å². The molecular weight excluding hydrogens is 266 g/mol. The summed E-state index contributed by atoms with van der Waals surface area (Å²) in [5.41, 5.74) is 8.12. The van der Waals surface area contributed by atoms with Crippen molar-refractivity contribution in [1.82, 2.24) is 20.0 Å². The predicted octanol–water partition coefficient (Wildman–Crippen LogP) is 0.429. The van der Waals surface area contributed by atoms with Gasteiger partial charge in [-0.3, -0.25) is 4.79 Å². The zero-order chi connectivity index (χ0) is 14.7. The molecule has 0 atom stereocenters. The van der Waals surface area contributed by atoms with E-state index in [0.29, 0.717) is 11.4 Å². The molecule has 1 saturated heterocycles. The Kier molecular flexibility index (Phi) is 3.87. The number of para-hydroxylation sites is 1. The summed E-state index contributed by atoms with van der Waals surface area (Å²) in [6.45, 7) is 3.19. The number of hydrogen-bond donors (Lipinski definition) is 2. The van der Waals surface area contributed by atoms with Gasteiger partial charge < -0.3 is 16.0 Å². The number of nitrogens with zero attached hydrogens (tertiary/aromatic N) is 3. The van der Waals surface area contributed by atoms with Crippen LogP contribution in [0.4, 0.5) is 5.69 Å². The SMILES string of the molecule is Nc1cn(-c2ccccc2)nc1CC(=O)N1CCNCC1. The summed E-state index contributed by atoms with van der Waals surface area (Å²) in [6, 6.07) is 9.74. The topological polar surface area (TPSA) is 76.2 Å². The standard InChI is InChI=1S/C15H19N5O/c16-13-11-20(12-4-2-1-3-5-12)18-14(13)10-15(21)19-8-6-17-7-9-19/h1-5,11,17H,6-10,16H2. The normalized spacial score (nSPS) is 15.1. The fourth-order valence-corrected chi connectivity index (χ4v) is 2.44. The first-order valence-corrected chi connectivity index (χ1v) is 7.12. The molecule has 3 rings (SSSR count). The van der Waals surface area contributed by atoms with Gasteiger partial charge in [0, 0.05) is 26.2 Å². The Morgan fingerprint density at radius 3 is 2.67 bits per heavy atom. The van der Waals surface area contributed by atoms with Crippen LogP contribution in [0.15, 0.2) is 36.5 Å². The van der Waals surface area contributed by atoms with Gasteiger partial charge in [-0.05, 0) is 12.1 Å². The molecule has 2 heterocycles. The number of piperazine rings is 1. The highest BCUT2D eigenvalue weighted by molar-refractivity contribution is 5.79. The Bertz CT molecular complexity index is 616. The van der Waals surface area contributed by atoms with Crippen LogP contribution in [0.3, 0.4) is 0 Å². The van der Waals surface area contributed by atoms with Crippen molar-refractivity contribution in [2.45, 2.75) is 6.42 Å². The van der Waals surface area contributed by atoms with Gasteiger partial charge in [-0.25, -0.2) is 4.68 Å². The van der Waals surface area contributed by atoms with Gasteiger partial charge >= 0.3 is 0 Å². The number of carbonyl (C=O) groups excluding carboxylic acids is 1. The molecule has 1 amide bonds. The quantitative estimate of drug-likeness (QED) is 0.857. The Labute approximate surface area is 123 Å². The van der Waals surface area contributed by atoms with E-state index in [9.17, 15) is 4.79 Å². The second-order valence-corrected chi connectivity index (χ2v) is 5.12. The molecule has 0 bridgehead atoms. The third-order valence-corrected chi connectivity index (χ3v) is 3.63. The number of benzene rings is 1. The number of nitrogens with two attached hydrogens (primary N) is 1. The lowest BCUT2D eigenvalue weighted by molar-refractivity contribution is -0.131. The summed E-state index contributed by atoms with van der Waals surface area (Å²) < 4.78 is 1.72.